The minimum atomic E-state index is 0.299. The van der Waals surface area contributed by atoms with Gasteiger partial charge < -0.3 is 15.0 Å². The van der Waals surface area contributed by atoms with Crippen molar-refractivity contribution in [2.75, 3.05) is 23.9 Å². The van der Waals surface area contributed by atoms with Gasteiger partial charge in [0.05, 0.1) is 24.5 Å². The minimum Gasteiger partial charge on any atom is -0.497 e. The van der Waals surface area contributed by atoms with Crippen LogP contribution in [-0.2, 0) is 0 Å². The Bertz CT molecular complexity index is 607. The van der Waals surface area contributed by atoms with Crippen molar-refractivity contribution in [1.29, 1.82) is 0 Å². The summed E-state index contributed by atoms with van der Waals surface area (Å²) in [5.41, 5.74) is 3.78. The maximum absolute atomic E-state index is 5.24. The summed E-state index contributed by atoms with van der Waals surface area (Å²) in [6.07, 6.45) is 0. The Kier molecular flexibility index (Phi) is 3.74. The van der Waals surface area contributed by atoms with Crippen molar-refractivity contribution in [1.82, 2.24) is 0 Å². The summed E-state index contributed by atoms with van der Waals surface area (Å²) in [4.78, 5) is 2.46. The number of anilines is 2. The topological polar surface area (TPSA) is 24.5 Å². The van der Waals surface area contributed by atoms with E-state index in [0.717, 1.165) is 12.3 Å². The predicted octanol–water partition coefficient (Wildman–Crippen LogP) is 4.08. The first-order chi connectivity index (χ1) is 10.2. The SMILES string of the molecule is COc1ccc(C2CN(C(C)C)c3ccccc3N2)cc1. The zero-order chi connectivity index (χ0) is 14.8. The number of nitrogens with one attached hydrogen (secondary N) is 1. The fraction of sp³-hybridized carbons (Fsp3) is 0.333. The van der Waals surface area contributed by atoms with Gasteiger partial charge in [-0.1, -0.05) is 24.3 Å². The van der Waals surface area contributed by atoms with Gasteiger partial charge in [-0.05, 0) is 43.7 Å². The van der Waals surface area contributed by atoms with Crippen molar-refractivity contribution in [2.24, 2.45) is 0 Å². The van der Waals surface area contributed by atoms with E-state index in [1.165, 1.54) is 16.9 Å². The zero-order valence-electron chi connectivity index (χ0n) is 12.8. The van der Waals surface area contributed by atoms with Crippen LogP contribution in [0, 0.1) is 0 Å². The van der Waals surface area contributed by atoms with Gasteiger partial charge in [-0.25, -0.2) is 0 Å². The molecule has 1 aliphatic rings. The summed E-state index contributed by atoms with van der Waals surface area (Å²) in [5.74, 6) is 0.899. The number of para-hydroxylation sites is 2. The van der Waals surface area contributed by atoms with E-state index in [-0.39, 0.29) is 0 Å². The van der Waals surface area contributed by atoms with E-state index in [2.05, 4.69) is 60.5 Å². The Balaban J connectivity index is 1.92. The molecular weight excluding hydrogens is 260 g/mol. The van der Waals surface area contributed by atoms with Gasteiger partial charge in [0.15, 0.2) is 0 Å². The lowest BCUT2D eigenvalue weighted by molar-refractivity contribution is 0.414. The molecule has 0 saturated carbocycles. The molecule has 3 rings (SSSR count). The van der Waals surface area contributed by atoms with Crippen molar-refractivity contribution in [3.8, 4) is 5.75 Å². The highest BCUT2D eigenvalue weighted by Gasteiger charge is 2.26. The van der Waals surface area contributed by atoms with Crippen LogP contribution in [-0.4, -0.2) is 19.7 Å². The Hall–Kier alpha value is -2.16. The van der Waals surface area contributed by atoms with Gasteiger partial charge in [-0.3, -0.25) is 0 Å². The van der Waals surface area contributed by atoms with Crippen LogP contribution in [0.2, 0.25) is 0 Å². The molecule has 21 heavy (non-hydrogen) atoms. The molecule has 0 spiro atoms. The molecule has 0 fully saturated rings. The molecule has 0 aliphatic carbocycles. The van der Waals surface area contributed by atoms with Gasteiger partial charge in [0.2, 0.25) is 0 Å². The molecule has 1 unspecified atom stereocenters. The first-order valence-corrected chi connectivity index (χ1v) is 7.45. The molecule has 0 radical (unpaired) electrons. The van der Waals surface area contributed by atoms with Crippen molar-refractivity contribution in [3.05, 3.63) is 54.1 Å². The summed E-state index contributed by atoms with van der Waals surface area (Å²) >= 11 is 0. The summed E-state index contributed by atoms with van der Waals surface area (Å²) in [7, 11) is 1.70. The molecule has 1 heterocycles. The Morgan fingerprint density at radius 1 is 1.10 bits per heavy atom. The molecule has 2 aromatic carbocycles. The Morgan fingerprint density at radius 3 is 2.48 bits per heavy atom. The monoisotopic (exact) mass is 282 g/mol. The molecule has 3 heteroatoms. The number of hydrogen-bond acceptors (Lipinski definition) is 3. The van der Waals surface area contributed by atoms with Gasteiger partial charge in [0, 0.05) is 12.6 Å². The number of ether oxygens (including phenoxy) is 1. The van der Waals surface area contributed by atoms with Crippen LogP contribution in [0.15, 0.2) is 48.5 Å². The van der Waals surface area contributed by atoms with Crippen LogP contribution >= 0.6 is 0 Å². The fourth-order valence-corrected chi connectivity index (χ4v) is 2.89. The van der Waals surface area contributed by atoms with Gasteiger partial charge in [-0.15, -0.1) is 0 Å². The van der Waals surface area contributed by atoms with Crippen LogP contribution < -0.4 is 15.0 Å². The first-order valence-electron chi connectivity index (χ1n) is 7.45. The average molecular weight is 282 g/mol. The van der Waals surface area contributed by atoms with Crippen LogP contribution in [0.1, 0.15) is 25.5 Å². The van der Waals surface area contributed by atoms with E-state index in [0.29, 0.717) is 12.1 Å². The Labute approximate surface area is 126 Å². The van der Waals surface area contributed by atoms with E-state index < -0.39 is 0 Å². The van der Waals surface area contributed by atoms with Gasteiger partial charge >= 0.3 is 0 Å². The molecule has 1 N–H and O–H groups in total. The summed E-state index contributed by atoms with van der Waals surface area (Å²) < 4.78 is 5.24. The van der Waals surface area contributed by atoms with Gasteiger partial charge in [0.25, 0.3) is 0 Å². The normalized spacial score (nSPS) is 17.3. The van der Waals surface area contributed by atoms with Crippen LogP contribution in [0.4, 0.5) is 11.4 Å². The highest BCUT2D eigenvalue weighted by Crippen LogP contribution is 2.36. The molecule has 0 bridgehead atoms. The zero-order valence-corrected chi connectivity index (χ0v) is 12.8. The highest BCUT2D eigenvalue weighted by atomic mass is 16.5. The number of hydrogen-bond donors (Lipinski definition) is 1. The Morgan fingerprint density at radius 2 is 1.81 bits per heavy atom. The van der Waals surface area contributed by atoms with Gasteiger partial charge in [-0.2, -0.15) is 0 Å². The largest absolute Gasteiger partial charge is 0.497 e. The number of methoxy groups -OCH3 is 1. The highest BCUT2D eigenvalue weighted by molar-refractivity contribution is 5.73. The maximum Gasteiger partial charge on any atom is 0.118 e. The second-order valence-electron chi connectivity index (χ2n) is 5.73. The lowest BCUT2D eigenvalue weighted by Gasteiger charge is -2.40. The lowest BCUT2D eigenvalue weighted by atomic mass is 10.0. The summed E-state index contributed by atoms with van der Waals surface area (Å²) in [5, 5.41) is 3.65. The van der Waals surface area contributed by atoms with Crippen molar-refractivity contribution in [2.45, 2.75) is 25.9 Å². The third-order valence-corrected chi connectivity index (χ3v) is 4.06. The molecule has 1 atom stereocenters. The molecule has 0 amide bonds. The number of nitrogens with zero attached hydrogens (tertiary/aromatic N) is 1. The van der Waals surface area contributed by atoms with E-state index in [1.807, 2.05) is 12.1 Å². The minimum absolute atomic E-state index is 0.299. The molecular formula is C18H22N2O. The third-order valence-electron chi connectivity index (χ3n) is 4.06. The molecule has 110 valence electrons. The second-order valence-corrected chi connectivity index (χ2v) is 5.73. The average Bonchev–Trinajstić information content (AvgIpc) is 2.53. The summed E-state index contributed by atoms with van der Waals surface area (Å²) in [6, 6.07) is 17.6. The summed E-state index contributed by atoms with van der Waals surface area (Å²) in [6.45, 7) is 5.46. The smallest absolute Gasteiger partial charge is 0.118 e. The van der Waals surface area contributed by atoms with Crippen molar-refractivity contribution >= 4 is 11.4 Å². The molecule has 0 saturated heterocycles. The van der Waals surface area contributed by atoms with E-state index in [9.17, 15) is 0 Å². The fourth-order valence-electron chi connectivity index (χ4n) is 2.89. The van der Waals surface area contributed by atoms with Crippen LogP contribution in [0.5, 0.6) is 5.75 Å². The predicted molar refractivity (Wildman–Crippen MR) is 88.3 cm³/mol. The third kappa shape index (κ3) is 2.68. The molecule has 1 aliphatic heterocycles. The number of fused-ring (bicyclic) bond motifs is 1. The van der Waals surface area contributed by atoms with E-state index in [1.54, 1.807) is 7.11 Å². The van der Waals surface area contributed by atoms with Crippen molar-refractivity contribution in [3.63, 3.8) is 0 Å². The van der Waals surface area contributed by atoms with Crippen molar-refractivity contribution < 1.29 is 4.74 Å². The quantitative estimate of drug-likeness (QED) is 0.918. The maximum atomic E-state index is 5.24. The van der Waals surface area contributed by atoms with Crippen LogP contribution in [0.3, 0.4) is 0 Å². The lowest BCUT2D eigenvalue weighted by Crippen LogP contribution is -2.40. The molecule has 3 nitrogen and oxygen atoms in total. The van der Waals surface area contributed by atoms with E-state index in [4.69, 9.17) is 4.74 Å². The van der Waals surface area contributed by atoms with E-state index >= 15 is 0 Å². The standard InChI is InChI=1S/C18H22N2O/c1-13(2)20-12-17(14-8-10-15(21-3)11-9-14)19-16-6-4-5-7-18(16)20/h4-11,13,17,19H,12H2,1-3H3. The number of rotatable bonds is 3. The molecule has 0 aromatic heterocycles. The van der Waals surface area contributed by atoms with Crippen LogP contribution in [0.25, 0.3) is 0 Å². The first kappa shape index (κ1) is 13.8. The molecule has 2 aromatic rings. The van der Waals surface area contributed by atoms with Gasteiger partial charge in [0.1, 0.15) is 5.75 Å². The second kappa shape index (κ2) is 5.68. The number of benzene rings is 2.